The molecule has 142 valence electrons. The van der Waals surface area contributed by atoms with Crippen molar-refractivity contribution < 1.29 is 9.21 Å². The number of amides is 1. The lowest BCUT2D eigenvalue weighted by molar-refractivity contribution is -0.113. The monoisotopic (exact) mass is 394 g/mol. The Morgan fingerprint density at radius 2 is 2.07 bits per heavy atom. The number of rotatable bonds is 6. The van der Waals surface area contributed by atoms with Crippen molar-refractivity contribution in [1.29, 1.82) is 0 Å². The summed E-state index contributed by atoms with van der Waals surface area (Å²) in [7, 11) is 0. The SMILES string of the molecule is Cc1cc2nc(SCC(=O)Nc3ccccc3)n(Cc3ccco3)c(=O)c2[nH]1. The van der Waals surface area contributed by atoms with Crippen LogP contribution in [-0.4, -0.2) is 26.2 Å². The van der Waals surface area contributed by atoms with E-state index in [1.807, 2.05) is 43.3 Å². The van der Waals surface area contributed by atoms with Crippen molar-refractivity contribution in [3.05, 3.63) is 76.6 Å². The molecule has 0 atom stereocenters. The Morgan fingerprint density at radius 3 is 2.82 bits per heavy atom. The summed E-state index contributed by atoms with van der Waals surface area (Å²) in [6.07, 6.45) is 1.56. The van der Waals surface area contributed by atoms with E-state index in [0.717, 1.165) is 11.4 Å². The van der Waals surface area contributed by atoms with Crippen molar-refractivity contribution in [3.8, 4) is 0 Å². The first-order chi connectivity index (χ1) is 13.6. The lowest BCUT2D eigenvalue weighted by atomic mass is 10.3. The number of fused-ring (bicyclic) bond motifs is 1. The number of benzene rings is 1. The minimum atomic E-state index is -0.194. The summed E-state index contributed by atoms with van der Waals surface area (Å²) in [4.78, 5) is 32.9. The zero-order valence-electron chi connectivity index (χ0n) is 15.1. The summed E-state index contributed by atoms with van der Waals surface area (Å²) in [6.45, 7) is 2.12. The number of nitrogens with one attached hydrogen (secondary N) is 2. The molecule has 0 spiro atoms. The first-order valence-corrected chi connectivity index (χ1v) is 9.69. The van der Waals surface area contributed by atoms with Gasteiger partial charge in [0.15, 0.2) is 5.16 Å². The standard InChI is InChI=1S/C20H18N4O3S/c1-13-10-16-18(21-13)19(26)24(11-15-8-5-9-27-15)20(23-16)28-12-17(25)22-14-6-3-2-4-7-14/h2-10,21H,11-12H2,1H3,(H,22,25). The van der Waals surface area contributed by atoms with Gasteiger partial charge in [-0.1, -0.05) is 30.0 Å². The van der Waals surface area contributed by atoms with Crippen molar-refractivity contribution >= 4 is 34.4 Å². The van der Waals surface area contributed by atoms with Gasteiger partial charge in [0.2, 0.25) is 5.91 Å². The highest BCUT2D eigenvalue weighted by Crippen LogP contribution is 2.20. The highest BCUT2D eigenvalue weighted by molar-refractivity contribution is 7.99. The number of para-hydroxylation sites is 1. The van der Waals surface area contributed by atoms with Gasteiger partial charge in [0.05, 0.1) is 24.1 Å². The quantitative estimate of drug-likeness (QED) is 0.386. The molecule has 0 bridgehead atoms. The number of H-pyrrole nitrogens is 1. The zero-order valence-corrected chi connectivity index (χ0v) is 16.0. The molecule has 7 nitrogen and oxygen atoms in total. The van der Waals surface area contributed by atoms with Gasteiger partial charge in [-0.2, -0.15) is 0 Å². The molecular formula is C20H18N4O3S. The molecule has 0 fully saturated rings. The molecule has 0 aliphatic heterocycles. The van der Waals surface area contributed by atoms with Crippen molar-refractivity contribution in [2.24, 2.45) is 0 Å². The van der Waals surface area contributed by atoms with Crippen molar-refractivity contribution in [1.82, 2.24) is 14.5 Å². The fraction of sp³-hybridized carbons (Fsp3) is 0.150. The minimum absolute atomic E-state index is 0.133. The molecule has 4 aromatic rings. The number of carbonyl (C=O) groups excluding carboxylic acids is 1. The van der Waals surface area contributed by atoms with Crippen molar-refractivity contribution in [2.75, 3.05) is 11.1 Å². The second kappa shape index (κ2) is 7.77. The maximum atomic E-state index is 13.0. The van der Waals surface area contributed by atoms with Gasteiger partial charge in [0.25, 0.3) is 5.56 Å². The van der Waals surface area contributed by atoms with Crippen LogP contribution in [-0.2, 0) is 11.3 Å². The van der Waals surface area contributed by atoms with Gasteiger partial charge in [0, 0.05) is 11.4 Å². The topological polar surface area (TPSA) is 92.9 Å². The average Bonchev–Trinajstić information content (AvgIpc) is 3.32. The molecule has 0 aliphatic carbocycles. The fourth-order valence-corrected chi connectivity index (χ4v) is 3.67. The van der Waals surface area contributed by atoms with E-state index in [4.69, 9.17) is 4.42 Å². The summed E-state index contributed by atoms with van der Waals surface area (Å²) in [5.74, 6) is 0.608. The second-order valence-corrected chi connectivity index (χ2v) is 7.22. The van der Waals surface area contributed by atoms with Gasteiger partial charge < -0.3 is 14.7 Å². The highest BCUT2D eigenvalue weighted by Gasteiger charge is 2.16. The number of hydrogen-bond acceptors (Lipinski definition) is 5. The van der Waals surface area contributed by atoms with Crippen molar-refractivity contribution in [3.63, 3.8) is 0 Å². The van der Waals surface area contributed by atoms with E-state index >= 15 is 0 Å². The number of nitrogens with zero attached hydrogens (tertiary/aromatic N) is 2. The Balaban J connectivity index is 1.61. The summed E-state index contributed by atoms with van der Waals surface area (Å²) < 4.78 is 6.91. The minimum Gasteiger partial charge on any atom is -0.467 e. The van der Waals surface area contributed by atoms with Crippen LogP contribution in [0.25, 0.3) is 11.0 Å². The predicted octanol–water partition coefficient (Wildman–Crippen LogP) is 3.41. The maximum absolute atomic E-state index is 13.0. The number of aromatic amines is 1. The van der Waals surface area contributed by atoms with Gasteiger partial charge in [-0.15, -0.1) is 0 Å². The smallest absolute Gasteiger partial charge is 0.278 e. The highest BCUT2D eigenvalue weighted by atomic mass is 32.2. The first kappa shape index (κ1) is 18.1. The van der Waals surface area contributed by atoms with Gasteiger partial charge >= 0.3 is 0 Å². The molecule has 0 aliphatic rings. The first-order valence-electron chi connectivity index (χ1n) is 8.70. The number of furan rings is 1. The second-order valence-electron chi connectivity index (χ2n) is 6.28. The molecule has 1 amide bonds. The van der Waals surface area contributed by atoms with Crippen LogP contribution in [0.4, 0.5) is 5.69 Å². The molecule has 3 aromatic heterocycles. The van der Waals surface area contributed by atoms with E-state index in [0.29, 0.717) is 22.0 Å². The van der Waals surface area contributed by atoms with Crippen LogP contribution in [0.5, 0.6) is 0 Å². The van der Waals surface area contributed by atoms with Crippen LogP contribution in [0.3, 0.4) is 0 Å². The van der Waals surface area contributed by atoms with Crippen LogP contribution in [0.1, 0.15) is 11.5 Å². The van der Waals surface area contributed by atoms with Crippen LogP contribution >= 0.6 is 11.8 Å². The molecule has 4 rings (SSSR count). The van der Waals surface area contributed by atoms with E-state index in [1.54, 1.807) is 18.4 Å². The Labute approximate surface area is 164 Å². The molecule has 0 unspecified atom stereocenters. The van der Waals surface area contributed by atoms with Crippen LogP contribution in [0, 0.1) is 6.92 Å². The normalized spacial score (nSPS) is 11.0. The number of aryl methyl sites for hydroxylation is 1. The molecule has 0 saturated heterocycles. The lowest BCUT2D eigenvalue weighted by Gasteiger charge is -2.11. The number of aromatic nitrogens is 3. The van der Waals surface area contributed by atoms with Crippen molar-refractivity contribution in [2.45, 2.75) is 18.6 Å². The third-order valence-corrected chi connectivity index (χ3v) is 5.10. The van der Waals surface area contributed by atoms with Crippen LogP contribution in [0.2, 0.25) is 0 Å². The maximum Gasteiger partial charge on any atom is 0.278 e. The summed E-state index contributed by atoms with van der Waals surface area (Å²) in [6, 6.07) is 14.6. The number of carbonyl (C=O) groups is 1. The number of hydrogen-bond donors (Lipinski definition) is 2. The average molecular weight is 394 g/mol. The van der Waals surface area contributed by atoms with Gasteiger partial charge in [0.1, 0.15) is 11.3 Å². The molecule has 2 N–H and O–H groups in total. The summed E-state index contributed by atoms with van der Waals surface area (Å²) in [5, 5.41) is 3.30. The Hall–Kier alpha value is -3.26. The van der Waals surface area contributed by atoms with E-state index in [9.17, 15) is 9.59 Å². The molecule has 8 heteroatoms. The number of anilines is 1. The molecule has 0 radical (unpaired) electrons. The molecule has 1 aromatic carbocycles. The lowest BCUT2D eigenvalue weighted by Crippen LogP contribution is -2.24. The Bertz CT molecular complexity index is 1160. The zero-order chi connectivity index (χ0) is 19.5. The van der Waals surface area contributed by atoms with E-state index < -0.39 is 0 Å². The fourth-order valence-electron chi connectivity index (χ4n) is 2.87. The van der Waals surface area contributed by atoms with Gasteiger partial charge in [-0.05, 0) is 37.3 Å². The molecular weight excluding hydrogens is 376 g/mol. The molecule has 0 saturated carbocycles. The Kier molecular flexibility index (Phi) is 5.03. The largest absolute Gasteiger partial charge is 0.467 e. The third-order valence-electron chi connectivity index (χ3n) is 4.12. The van der Waals surface area contributed by atoms with E-state index in [1.165, 1.54) is 16.3 Å². The third kappa shape index (κ3) is 3.86. The summed E-state index contributed by atoms with van der Waals surface area (Å²) >= 11 is 1.22. The van der Waals surface area contributed by atoms with Crippen LogP contribution in [0.15, 0.2) is 69.2 Å². The Morgan fingerprint density at radius 1 is 1.25 bits per heavy atom. The molecule has 28 heavy (non-hydrogen) atoms. The van der Waals surface area contributed by atoms with E-state index in [-0.39, 0.29) is 23.8 Å². The summed E-state index contributed by atoms with van der Waals surface area (Å²) in [5.41, 5.74) is 2.42. The van der Waals surface area contributed by atoms with Gasteiger partial charge in [-0.25, -0.2) is 4.98 Å². The number of thioether (sulfide) groups is 1. The van der Waals surface area contributed by atoms with Crippen LogP contribution < -0.4 is 10.9 Å². The van der Waals surface area contributed by atoms with Gasteiger partial charge in [-0.3, -0.25) is 14.2 Å². The predicted molar refractivity (Wildman–Crippen MR) is 109 cm³/mol. The van der Waals surface area contributed by atoms with E-state index in [2.05, 4.69) is 15.3 Å². The molecule has 3 heterocycles.